The van der Waals surface area contributed by atoms with Crippen LogP contribution in [0.1, 0.15) is 0 Å². The van der Waals surface area contributed by atoms with Gasteiger partial charge < -0.3 is 15.7 Å². The Bertz CT molecular complexity index is 248. The van der Waals surface area contributed by atoms with Crippen LogP contribution in [0.25, 0.3) is 0 Å². The van der Waals surface area contributed by atoms with Crippen molar-refractivity contribution in [3.63, 3.8) is 0 Å². The molecule has 1 heterocycles. The van der Waals surface area contributed by atoms with E-state index in [1.165, 1.54) is 6.08 Å². The molecular formula is C6H9K2NO8V. The van der Waals surface area contributed by atoms with Gasteiger partial charge in [-0.15, -0.1) is 0 Å². The summed E-state index contributed by atoms with van der Waals surface area (Å²) in [7, 11) is 0. The Hall–Kier alpha value is 2.08. The van der Waals surface area contributed by atoms with E-state index in [9.17, 15) is 9.90 Å². The number of rotatable bonds is 0. The molecule has 0 saturated carbocycles. The van der Waals surface area contributed by atoms with Crippen LogP contribution in [-0.4, -0.2) is 43.6 Å². The maximum Gasteiger partial charge on any atom is 1.00 e. The van der Waals surface area contributed by atoms with Crippen molar-refractivity contribution >= 4 is 12.0 Å². The van der Waals surface area contributed by atoms with Crippen molar-refractivity contribution in [1.29, 1.82) is 0 Å². The average Bonchev–Trinajstić information content (AvgIpc) is 2.24. The molecule has 0 amide bonds. The number of hydrogen-bond acceptors (Lipinski definition) is 9. The van der Waals surface area contributed by atoms with E-state index in [0.29, 0.717) is 0 Å². The average molecular weight is 352 g/mol. The first kappa shape index (κ1) is 36.9. The van der Waals surface area contributed by atoms with Crippen LogP contribution in [0.15, 0.2) is 28.8 Å². The van der Waals surface area contributed by atoms with Crippen molar-refractivity contribution in [1.82, 2.24) is 0 Å². The fourth-order valence-electron chi connectivity index (χ4n) is 0.507. The second-order valence-electron chi connectivity index (χ2n) is 1.68. The number of aliphatic imine (C=N–C) groups is 1. The van der Waals surface area contributed by atoms with E-state index in [1.807, 2.05) is 0 Å². The van der Waals surface area contributed by atoms with Crippen molar-refractivity contribution in [2.24, 2.45) is 4.99 Å². The van der Waals surface area contributed by atoms with Crippen LogP contribution < -0.4 is 108 Å². The molecule has 1 radical (unpaired) electrons. The molecule has 9 nitrogen and oxygen atoms in total. The first-order chi connectivity index (χ1) is 6.70. The van der Waals surface area contributed by atoms with E-state index in [-0.39, 0.29) is 138 Å². The summed E-state index contributed by atoms with van der Waals surface area (Å²) in [5, 5.41) is 42.5. The van der Waals surface area contributed by atoms with E-state index in [1.54, 1.807) is 0 Å². The molecule has 0 aromatic rings. The van der Waals surface area contributed by atoms with Gasteiger partial charge >= 0.3 is 103 Å². The summed E-state index contributed by atoms with van der Waals surface area (Å²) < 4.78 is 0. The second-order valence-corrected chi connectivity index (χ2v) is 1.68. The summed E-state index contributed by atoms with van der Waals surface area (Å²) in [4.78, 5) is 13.8. The molecule has 0 fully saturated rings. The molecule has 0 aliphatic carbocycles. The monoisotopic (exact) mass is 352 g/mol. The van der Waals surface area contributed by atoms with E-state index in [2.05, 4.69) is 4.99 Å². The zero-order chi connectivity index (χ0) is 11.6. The van der Waals surface area contributed by atoms with Crippen LogP contribution in [0.3, 0.4) is 0 Å². The number of allylic oxidation sites excluding steroid dienone is 2. The van der Waals surface area contributed by atoms with Crippen LogP contribution in [0, 0.1) is 0 Å². The predicted octanol–water partition coefficient (Wildman–Crippen LogP) is -6.85. The topological polar surface area (TPSA) is 184 Å². The van der Waals surface area contributed by atoms with Crippen LogP contribution in [0.2, 0.25) is 0 Å². The summed E-state index contributed by atoms with van der Waals surface area (Å²) >= 11 is 0. The van der Waals surface area contributed by atoms with Crippen molar-refractivity contribution in [2.75, 3.05) is 0 Å². The van der Waals surface area contributed by atoms with Crippen molar-refractivity contribution < 1.29 is 163 Å². The number of aliphatic hydroxyl groups is 1. The third-order valence-corrected chi connectivity index (χ3v) is 0.955. The molecule has 0 bridgehead atoms. The molecule has 0 spiro atoms. The zero-order valence-electron chi connectivity index (χ0n) is 9.63. The number of carbonyl (C=O) groups excluding carboxylic acids is 1. The Kier molecular flexibility index (Phi) is 56.2. The minimum atomic E-state index is -1.12. The van der Waals surface area contributed by atoms with Crippen molar-refractivity contribution in [3.05, 3.63) is 23.8 Å². The predicted molar refractivity (Wildman–Crippen MR) is 44.7 cm³/mol. The van der Waals surface area contributed by atoms with Gasteiger partial charge in [0.2, 0.25) is 0 Å². The van der Waals surface area contributed by atoms with Gasteiger partial charge in [0.25, 0.3) is 0 Å². The molecule has 12 heteroatoms. The molecular weight excluding hydrogens is 343 g/mol. The molecule has 0 aromatic carbocycles. The molecule has 0 aromatic heterocycles. The molecule has 1 rings (SSSR count). The Morgan fingerprint density at radius 3 is 1.72 bits per heavy atom. The van der Waals surface area contributed by atoms with E-state index < -0.39 is 5.95 Å². The number of dihydropyridines is 1. The van der Waals surface area contributed by atoms with Gasteiger partial charge in [0.1, 0.15) is 0 Å². The van der Waals surface area contributed by atoms with Crippen molar-refractivity contribution in [3.8, 4) is 0 Å². The minimum absolute atomic E-state index is 0. The molecule has 1 aliphatic heterocycles. The summed E-state index contributed by atoms with van der Waals surface area (Å²) in [6, 6.07) is 0. The summed E-state index contributed by atoms with van der Waals surface area (Å²) in [6.07, 6.45) is 3.31. The smallest absolute Gasteiger partial charge is 0.870 e. The molecule has 0 unspecified atom stereocenters. The number of ketones is 1. The van der Waals surface area contributed by atoms with Crippen LogP contribution in [-0.2, 0) is 23.4 Å². The Morgan fingerprint density at radius 2 is 1.50 bits per heavy atom. The fourth-order valence-corrected chi connectivity index (χ4v) is 0.507. The van der Waals surface area contributed by atoms with Crippen molar-refractivity contribution in [2.45, 2.75) is 0 Å². The molecule has 6 N–H and O–H groups in total. The third-order valence-electron chi connectivity index (χ3n) is 0.955. The minimum Gasteiger partial charge on any atom is -0.870 e. The van der Waals surface area contributed by atoms with Gasteiger partial charge in [-0.2, -0.15) is 0 Å². The van der Waals surface area contributed by atoms with Crippen LogP contribution >= 0.6 is 0 Å². The second kappa shape index (κ2) is 27.4. The summed E-state index contributed by atoms with van der Waals surface area (Å²) in [5.74, 6) is -1.41. The maximum absolute atomic E-state index is 10.4. The largest absolute Gasteiger partial charge is 1.00 e. The standard InChI is InChI=1S/C6H5NO3.2K.2H2O2.H2O.V/c8-4-1-2-5(6(9)10)7-3-4;;;2*1-2;;/h1-3,9-10H;;;2*1-2H;1H2;/q;2*+1;;;;/p-2. The number of aliphatic hydroxyl groups excluding tert-OH is 1. The van der Waals surface area contributed by atoms with Gasteiger partial charge in [-0.3, -0.25) is 30.8 Å². The molecule has 1 aliphatic rings. The van der Waals surface area contributed by atoms with Crippen LogP contribution in [0.4, 0.5) is 0 Å². The Morgan fingerprint density at radius 1 is 1.11 bits per heavy atom. The number of hydrogen-bond donors (Lipinski definition) is 5. The molecule has 0 atom stereocenters. The Labute approximate surface area is 199 Å². The quantitative estimate of drug-likeness (QED) is 0.123. The molecule has 18 heavy (non-hydrogen) atoms. The first-order valence-corrected chi connectivity index (χ1v) is 2.96. The summed E-state index contributed by atoms with van der Waals surface area (Å²) in [6.45, 7) is 0. The van der Waals surface area contributed by atoms with E-state index in [4.69, 9.17) is 26.1 Å². The van der Waals surface area contributed by atoms with E-state index in [0.717, 1.165) is 12.3 Å². The van der Waals surface area contributed by atoms with Gasteiger partial charge in [-0.1, -0.05) is 0 Å². The van der Waals surface area contributed by atoms with E-state index >= 15 is 0 Å². The molecule has 93 valence electrons. The summed E-state index contributed by atoms with van der Waals surface area (Å²) in [5.41, 5.74) is -0.111. The van der Waals surface area contributed by atoms with Gasteiger partial charge in [-0.25, -0.2) is 0 Å². The first-order valence-electron chi connectivity index (χ1n) is 2.96. The maximum atomic E-state index is 10.4. The molecule has 0 saturated heterocycles. The number of carbonyl (C=O) groups is 1. The zero-order valence-corrected chi connectivity index (χ0v) is 17.3. The Balaban J connectivity index is -0.0000000412. The van der Waals surface area contributed by atoms with Gasteiger partial charge in [0, 0.05) is 18.6 Å². The van der Waals surface area contributed by atoms with Gasteiger partial charge in [0.15, 0.2) is 5.78 Å². The van der Waals surface area contributed by atoms with Crippen LogP contribution in [0.5, 0.6) is 0 Å². The normalized spacial score (nSPS) is 12.6. The van der Waals surface area contributed by atoms with Gasteiger partial charge in [-0.05, 0) is 12.2 Å². The number of nitrogens with zero attached hydrogens (tertiary/aromatic N) is 1. The third kappa shape index (κ3) is 20.4. The SMILES string of the molecule is O=C1C=CC(=C([O-])O)N=C1.OO.OO.[K+].[K+].[OH-].[V]. The fraction of sp³-hybridized carbons (Fsp3) is 0. The van der Waals surface area contributed by atoms with Gasteiger partial charge in [0.05, 0.1) is 17.9 Å².